The third-order valence-corrected chi connectivity index (χ3v) is 0.651. The van der Waals surface area contributed by atoms with E-state index in [-0.39, 0.29) is 5.78 Å². The van der Waals surface area contributed by atoms with Gasteiger partial charge in [0.2, 0.25) is 0 Å². The van der Waals surface area contributed by atoms with Gasteiger partial charge in [0.15, 0.2) is 5.78 Å². The van der Waals surface area contributed by atoms with E-state index in [4.69, 9.17) is 11.6 Å². The minimum Gasteiger partial charge on any atom is -0.290 e. The Balaban J connectivity index is 3.89. The molecule has 0 aliphatic heterocycles. The summed E-state index contributed by atoms with van der Waals surface area (Å²) in [7, 11) is 0. The molecule has 0 amide bonds. The van der Waals surface area contributed by atoms with Crippen molar-refractivity contribution in [2.45, 2.75) is 6.92 Å². The molecular weight excluding hydrogens is 124 g/mol. The van der Waals surface area contributed by atoms with Gasteiger partial charge in [-0.3, -0.25) is 4.79 Å². The van der Waals surface area contributed by atoms with Crippen LogP contribution in [-0.2, 0) is 4.79 Å². The Kier molecular flexibility index (Phi) is 3.20. The zero-order valence-electron chi connectivity index (χ0n) is 4.65. The molecule has 0 atom stereocenters. The average Bonchev–Trinajstić information content (AvgIpc) is 1.65. The van der Waals surface area contributed by atoms with Gasteiger partial charge in [0.25, 0.3) is 0 Å². The Morgan fingerprint density at radius 1 is 1.75 bits per heavy atom. The molecule has 0 saturated carbocycles. The van der Waals surface area contributed by atoms with Crippen LogP contribution < -0.4 is 0 Å². The number of halogens is 1. The van der Waals surface area contributed by atoms with Gasteiger partial charge in [-0.1, -0.05) is 18.2 Å². The van der Waals surface area contributed by atoms with Gasteiger partial charge in [-0.15, -0.1) is 0 Å². The number of rotatable bonds is 2. The van der Waals surface area contributed by atoms with Crippen molar-refractivity contribution in [2.75, 3.05) is 0 Å². The third-order valence-electron chi connectivity index (χ3n) is 0.542. The summed E-state index contributed by atoms with van der Waals surface area (Å²) in [6.45, 7) is 4.90. The third kappa shape index (κ3) is 3.62. The number of ketones is 1. The van der Waals surface area contributed by atoms with E-state index in [0.717, 1.165) is 0 Å². The fourth-order valence-electron chi connectivity index (χ4n) is 0.255. The molecule has 0 N–H and O–H groups in total. The van der Waals surface area contributed by atoms with Gasteiger partial charge in [0.1, 0.15) is 0 Å². The van der Waals surface area contributed by atoms with Crippen LogP contribution in [0.4, 0.5) is 0 Å². The van der Waals surface area contributed by atoms with Crippen LogP contribution in [0.1, 0.15) is 6.92 Å². The van der Waals surface area contributed by atoms with Crippen LogP contribution in [0.3, 0.4) is 0 Å². The maximum atomic E-state index is 10.3. The summed E-state index contributed by atoms with van der Waals surface area (Å²) in [6.07, 6.45) is 2.53. The second kappa shape index (κ2) is 3.44. The van der Waals surface area contributed by atoms with E-state index in [1.165, 1.54) is 12.2 Å². The van der Waals surface area contributed by atoms with Gasteiger partial charge in [-0.2, -0.15) is 0 Å². The van der Waals surface area contributed by atoms with E-state index in [1.54, 1.807) is 6.92 Å². The summed E-state index contributed by atoms with van der Waals surface area (Å²) >= 11 is 5.34. The van der Waals surface area contributed by atoms with E-state index < -0.39 is 0 Å². The first kappa shape index (κ1) is 7.44. The molecule has 0 bridgehead atoms. The molecule has 44 valence electrons. The molecule has 0 radical (unpaired) electrons. The topological polar surface area (TPSA) is 17.1 Å². The van der Waals surface area contributed by atoms with Crippen molar-refractivity contribution in [3.8, 4) is 0 Å². The molecule has 1 nitrogen and oxygen atoms in total. The fraction of sp³-hybridized carbons (Fsp3) is 0.167. The van der Waals surface area contributed by atoms with Crippen LogP contribution >= 0.6 is 11.6 Å². The molecule has 2 heteroatoms. The lowest BCUT2D eigenvalue weighted by molar-refractivity contribution is -0.110. The first-order chi connectivity index (χ1) is 3.66. The van der Waals surface area contributed by atoms with E-state index >= 15 is 0 Å². The highest BCUT2D eigenvalue weighted by molar-refractivity contribution is 6.31. The quantitative estimate of drug-likeness (QED) is 0.522. The highest BCUT2D eigenvalue weighted by Crippen LogP contribution is 1.96. The molecule has 0 aromatic carbocycles. The maximum absolute atomic E-state index is 10.3. The Labute approximate surface area is 53.6 Å². The Morgan fingerprint density at radius 2 is 2.25 bits per heavy atom. The first-order valence-electron chi connectivity index (χ1n) is 2.17. The number of hydrogen-bond donors (Lipinski definition) is 0. The van der Waals surface area contributed by atoms with Crippen LogP contribution in [-0.4, -0.2) is 5.78 Å². The van der Waals surface area contributed by atoms with Crippen LogP contribution in [0, 0.1) is 0 Å². The second-order valence-electron chi connectivity index (χ2n) is 1.34. The number of carbonyl (C=O) groups is 1. The van der Waals surface area contributed by atoms with Crippen molar-refractivity contribution >= 4 is 17.4 Å². The van der Waals surface area contributed by atoms with Crippen LogP contribution in [0.15, 0.2) is 23.8 Å². The van der Waals surface area contributed by atoms with Crippen molar-refractivity contribution in [2.24, 2.45) is 0 Å². The summed E-state index contributed by atoms with van der Waals surface area (Å²) in [5.74, 6) is -0.155. The van der Waals surface area contributed by atoms with Gasteiger partial charge >= 0.3 is 0 Å². The lowest BCUT2D eigenvalue weighted by Gasteiger charge is -1.79. The Bertz CT molecular complexity index is 131. The lowest BCUT2D eigenvalue weighted by Crippen LogP contribution is -1.82. The van der Waals surface area contributed by atoms with Gasteiger partial charge in [0.05, 0.1) is 0 Å². The molecule has 8 heavy (non-hydrogen) atoms. The molecule has 0 aliphatic rings. The normalized spacial score (nSPS) is 11.0. The monoisotopic (exact) mass is 130 g/mol. The molecule has 0 aliphatic carbocycles. The van der Waals surface area contributed by atoms with E-state index in [0.29, 0.717) is 5.03 Å². The van der Waals surface area contributed by atoms with Gasteiger partial charge in [0, 0.05) is 5.03 Å². The first-order valence-corrected chi connectivity index (χ1v) is 2.55. The van der Waals surface area contributed by atoms with Crippen LogP contribution in [0.25, 0.3) is 0 Å². The predicted octanol–water partition coefficient (Wildman–Crippen LogP) is 1.88. The lowest BCUT2D eigenvalue weighted by atomic mass is 10.3. The smallest absolute Gasteiger partial charge is 0.179 e. The Hall–Kier alpha value is -0.560. The summed E-state index contributed by atoms with van der Waals surface area (Å²) in [5, 5.41) is 0.481. The highest BCUT2D eigenvalue weighted by Gasteiger charge is 1.86. The largest absolute Gasteiger partial charge is 0.290 e. The molecule has 0 unspecified atom stereocenters. The zero-order valence-corrected chi connectivity index (χ0v) is 5.40. The molecule has 0 aromatic heterocycles. The standard InChI is InChI=1S/C6H7ClO/c1-3-6(8)4-5(2)7/h3-4H,1H2,2H3. The van der Waals surface area contributed by atoms with E-state index in [1.807, 2.05) is 0 Å². The van der Waals surface area contributed by atoms with Crippen molar-refractivity contribution < 1.29 is 4.79 Å². The van der Waals surface area contributed by atoms with Gasteiger partial charge in [-0.25, -0.2) is 0 Å². The second-order valence-corrected chi connectivity index (χ2v) is 1.93. The minimum absolute atomic E-state index is 0.155. The van der Waals surface area contributed by atoms with Crippen LogP contribution in [0.5, 0.6) is 0 Å². The van der Waals surface area contributed by atoms with E-state index in [9.17, 15) is 4.79 Å². The van der Waals surface area contributed by atoms with Gasteiger partial charge < -0.3 is 0 Å². The average molecular weight is 131 g/mol. The number of carbonyl (C=O) groups excluding carboxylic acids is 1. The van der Waals surface area contributed by atoms with Crippen molar-refractivity contribution in [3.05, 3.63) is 23.8 Å². The number of allylic oxidation sites excluding steroid dienone is 3. The molecule has 0 fully saturated rings. The molecule has 0 aromatic rings. The minimum atomic E-state index is -0.155. The summed E-state index contributed by atoms with van der Waals surface area (Å²) in [5.41, 5.74) is 0. The SMILES string of the molecule is C=CC(=O)C=C(C)Cl. The molecule has 0 saturated heterocycles. The summed E-state index contributed by atoms with van der Waals surface area (Å²) in [6, 6.07) is 0. The zero-order chi connectivity index (χ0) is 6.57. The summed E-state index contributed by atoms with van der Waals surface area (Å²) in [4.78, 5) is 10.3. The van der Waals surface area contributed by atoms with E-state index in [2.05, 4.69) is 6.58 Å². The van der Waals surface area contributed by atoms with Crippen molar-refractivity contribution in [3.63, 3.8) is 0 Å². The maximum Gasteiger partial charge on any atom is 0.179 e. The summed E-state index contributed by atoms with van der Waals surface area (Å²) < 4.78 is 0. The van der Waals surface area contributed by atoms with Crippen LogP contribution in [0.2, 0.25) is 0 Å². The predicted molar refractivity (Wildman–Crippen MR) is 34.8 cm³/mol. The Morgan fingerprint density at radius 3 is 2.38 bits per heavy atom. The fourth-order valence-corrected chi connectivity index (χ4v) is 0.362. The van der Waals surface area contributed by atoms with Crippen molar-refractivity contribution in [1.29, 1.82) is 0 Å². The molecule has 0 spiro atoms. The number of hydrogen-bond acceptors (Lipinski definition) is 1. The van der Waals surface area contributed by atoms with Crippen molar-refractivity contribution in [1.82, 2.24) is 0 Å². The van der Waals surface area contributed by atoms with Gasteiger partial charge in [-0.05, 0) is 19.1 Å². The highest BCUT2D eigenvalue weighted by atomic mass is 35.5. The molecule has 0 rings (SSSR count). The molecule has 0 heterocycles. The molecular formula is C6H7ClO.